The number of benzene rings is 7. The van der Waals surface area contributed by atoms with Crippen LogP contribution in [0.15, 0.2) is 155 Å². The van der Waals surface area contributed by atoms with Gasteiger partial charge in [-0.2, -0.15) is 0 Å². The molecule has 4 N–H and O–H groups in total. The number of ether oxygens (including phenoxy) is 4. The maximum absolute atomic E-state index is 13.5. The third-order valence-corrected chi connectivity index (χ3v) is 17.6. The van der Waals surface area contributed by atoms with Crippen molar-refractivity contribution in [1.82, 2.24) is 0 Å². The van der Waals surface area contributed by atoms with E-state index in [0.717, 1.165) is 35.3 Å². The molecule has 7 rings (SSSR count). The number of aryl methyl sites for hydroxylation is 1. The van der Waals surface area contributed by atoms with Gasteiger partial charge in [0, 0.05) is 22.7 Å². The van der Waals surface area contributed by atoms with E-state index >= 15 is 0 Å². The number of hydrogen-bond acceptors (Lipinski definition) is 11. The van der Waals surface area contributed by atoms with E-state index < -0.39 is 33.7 Å². The first-order chi connectivity index (χ1) is 40.8. The molecule has 0 aliphatic heterocycles. The zero-order chi connectivity index (χ0) is 62.9. The fraction of sp³-hybridized carbons (Fsp3) is 0.324. The predicted octanol–water partition coefficient (Wildman–Crippen LogP) is 16.3. The van der Waals surface area contributed by atoms with Gasteiger partial charge in [0.2, 0.25) is 21.8 Å². The van der Waals surface area contributed by atoms with Crippen molar-refractivity contribution in [1.29, 1.82) is 0 Å². The number of phenols is 1. The van der Waals surface area contributed by atoms with Crippen LogP contribution in [0.2, 0.25) is 15.1 Å². The second kappa shape index (κ2) is 30.7. The van der Waals surface area contributed by atoms with Crippen molar-refractivity contribution >= 4 is 85.2 Å². The monoisotopic (exact) mass is 1250 g/mol. The summed E-state index contributed by atoms with van der Waals surface area (Å²) in [4.78, 5) is 51.5. The molecular formula is C68H76Cl3N3O11S. The Labute approximate surface area is 520 Å². The van der Waals surface area contributed by atoms with Crippen molar-refractivity contribution in [3.05, 3.63) is 188 Å². The summed E-state index contributed by atoms with van der Waals surface area (Å²) in [6.07, 6.45) is 1.37. The normalized spacial score (nSPS) is 12.2. The molecule has 2 atom stereocenters. The van der Waals surface area contributed by atoms with E-state index in [2.05, 4.69) is 69.6 Å². The highest BCUT2D eigenvalue weighted by atomic mass is 35.5. The van der Waals surface area contributed by atoms with Crippen LogP contribution in [-0.4, -0.2) is 55.8 Å². The number of anilines is 3. The number of phenolic OH excluding ortho intramolecular Hbond substituents is 1. The van der Waals surface area contributed by atoms with Gasteiger partial charge in [-0.05, 0) is 164 Å². The van der Waals surface area contributed by atoms with E-state index in [1.807, 2.05) is 75.4 Å². The third kappa shape index (κ3) is 18.2. The molecule has 0 bridgehead atoms. The lowest BCUT2D eigenvalue weighted by molar-refractivity contribution is -0.133. The average molecular weight is 1250 g/mol. The topological polar surface area (TPSA) is 196 Å². The third-order valence-electron chi connectivity index (χ3n) is 14.8. The van der Waals surface area contributed by atoms with Gasteiger partial charge in [0.25, 0.3) is 11.8 Å². The van der Waals surface area contributed by atoms with Crippen LogP contribution in [0.5, 0.6) is 28.7 Å². The van der Waals surface area contributed by atoms with E-state index in [-0.39, 0.29) is 78.4 Å². The smallest absolute Gasteiger partial charge is 0.273 e. The molecule has 0 aromatic heterocycles. The maximum atomic E-state index is 13.5. The minimum absolute atomic E-state index is 0.0199. The van der Waals surface area contributed by atoms with Crippen LogP contribution in [-0.2, 0) is 52.9 Å². The predicted molar refractivity (Wildman–Crippen MR) is 343 cm³/mol. The number of aromatic hydroxyl groups is 1. The van der Waals surface area contributed by atoms with Gasteiger partial charge in [0.05, 0.1) is 37.8 Å². The van der Waals surface area contributed by atoms with Crippen LogP contribution in [0.4, 0.5) is 17.1 Å². The molecular weight excluding hydrogens is 1170 g/mol. The van der Waals surface area contributed by atoms with Gasteiger partial charge >= 0.3 is 0 Å². The Morgan fingerprint density at radius 2 is 1.30 bits per heavy atom. The van der Waals surface area contributed by atoms with Crippen molar-refractivity contribution in [3.8, 4) is 28.7 Å². The van der Waals surface area contributed by atoms with E-state index in [9.17, 15) is 32.7 Å². The van der Waals surface area contributed by atoms with E-state index in [0.29, 0.717) is 53.6 Å². The van der Waals surface area contributed by atoms with Gasteiger partial charge in [-0.15, -0.1) is 0 Å². The lowest BCUT2D eigenvalue weighted by Gasteiger charge is -2.30. The molecule has 0 fully saturated rings. The highest BCUT2D eigenvalue weighted by Crippen LogP contribution is 2.41. The lowest BCUT2D eigenvalue weighted by atomic mass is 9.76. The van der Waals surface area contributed by atoms with Gasteiger partial charge in [0.15, 0.2) is 17.6 Å². The number of carbonyl (C=O) groups excluding carboxylic acids is 4. The molecule has 0 saturated carbocycles. The molecule has 3 amide bonds. The number of nitrogens with one attached hydrogen (secondary N) is 3. The molecule has 14 nitrogen and oxygen atoms in total. The summed E-state index contributed by atoms with van der Waals surface area (Å²) in [5, 5.41) is 19.0. The quantitative estimate of drug-likeness (QED) is 0.0229. The van der Waals surface area contributed by atoms with Gasteiger partial charge < -0.3 is 40.0 Å². The molecule has 86 heavy (non-hydrogen) atoms. The minimum atomic E-state index is -3.95. The number of Topliss-reactive ketones (excluding diaryl/α,β-unsaturated/α-hetero) is 1. The zero-order valence-electron chi connectivity index (χ0n) is 50.2. The van der Waals surface area contributed by atoms with E-state index in [1.54, 1.807) is 24.3 Å². The maximum Gasteiger partial charge on any atom is 0.273 e. The summed E-state index contributed by atoms with van der Waals surface area (Å²) in [6.45, 7) is 20.8. The number of halogens is 3. The van der Waals surface area contributed by atoms with Crippen LogP contribution < -0.4 is 34.9 Å². The largest absolute Gasteiger partial charge is 0.504 e. The van der Waals surface area contributed by atoms with Crippen LogP contribution in [0.3, 0.4) is 0 Å². The Bertz CT molecular complexity index is 3620. The number of amides is 3. The first kappa shape index (κ1) is 67.6. The second-order valence-electron chi connectivity index (χ2n) is 21.9. The van der Waals surface area contributed by atoms with E-state index in [4.69, 9.17) is 53.8 Å². The van der Waals surface area contributed by atoms with E-state index in [1.165, 1.54) is 67.1 Å². The second-order valence-corrected chi connectivity index (χ2v) is 25.1. The summed E-state index contributed by atoms with van der Waals surface area (Å²) in [7, 11) is -3.95. The van der Waals surface area contributed by atoms with Crippen LogP contribution in [0.25, 0.3) is 0 Å². The molecule has 0 aliphatic carbocycles. The summed E-state index contributed by atoms with van der Waals surface area (Å²) in [5.74, 6) is -0.313. The van der Waals surface area contributed by atoms with Gasteiger partial charge in [-0.25, -0.2) is 8.42 Å². The SMILES string of the molecule is CCC(C)(C)c1ccc(OCCCC(=O)Nc2ccc(Cl)c(NC(=O)C(Oc3ccc(S(=O)(=O)c4cccc(OCc5ccccc5)c4)cc3)C(C)=O)c2)c(C(C)(C)CC)c1.CCc1c(Cl)cc(NC(=O)C(CC)Oc2cccc(C)c2)c(O)c1Cl. The molecule has 456 valence electrons. The Kier molecular flexibility index (Phi) is 24.1. The fourth-order valence-corrected chi connectivity index (χ4v) is 10.9. The number of ketones is 1. The Balaban J connectivity index is 0.000000393. The number of hydrogen-bond donors (Lipinski definition) is 4. The molecule has 0 aliphatic rings. The van der Waals surface area contributed by atoms with Crippen molar-refractivity contribution in [2.45, 2.75) is 147 Å². The highest BCUT2D eigenvalue weighted by Gasteiger charge is 2.29. The molecule has 7 aromatic rings. The lowest BCUT2D eigenvalue weighted by Crippen LogP contribution is -2.38. The highest BCUT2D eigenvalue weighted by molar-refractivity contribution is 7.91. The van der Waals surface area contributed by atoms with Crippen LogP contribution >= 0.6 is 34.8 Å². The first-order valence-corrected chi connectivity index (χ1v) is 31.1. The molecule has 0 heterocycles. The number of sulfone groups is 1. The van der Waals surface area contributed by atoms with Crippen molar-refractivity contribution < 1.29 is 51.6 Å². The van der Waals surface area contributed by atoms with Gasteiger partial charge in [-0.3, -0.25) is 19.2 Å². The van der Waals surface area contributed by atoms with Gasteiger partial charge in [0.1, 0.15) is 29.6 Å². The Hall–Kier alpha value is -7.56. The summed E-state index contributed by atoms with van der Waals surface area (Å²) in [5.41, 5.74) is 5.71. The minimum Gasteiger partial charge on any atom is -0.504 e. The zero-order valence-corrected chi connectivity index (χ0v) is 53.3. The number of rotatable bonds is 26. The van der Waals surface area contributed by atoms with Crippen molar-refractivity contribution in [2.24, 2.45) is 0 Å². The standard InChI is InChI=1S/C49H55ClN2O8S.C19H21Cl2NO3/c1-8-48(4,5)35-20-27-44(41(29-35)49(6,7)9-2)58-28-14-19-45(54)51-36-21-26-42(50)43(30-36)52-47(55)46(33(3)53)60-37-22-24-39(25-23-37)61(56,57)40-18-13-17-38(31-40)59-32-34-15-11-10-12-16-34;1-4-13-14(20)10-15(18(23)17(13)21)22-19(24)16(5-2)25-12-8-6-7-11(3)9-12/h10-13,15-18,20-27,29-31,46H,8-9,14,19,28,32H2,1-7H3,(H,51,54)(H,52,55);6-10,16,23H,4-5H2,1-3H3,(H,22,24). The first-order valence-electron chi connectivity index (χ1n) is 28.5. The Morgan fingerprint density at radius 1 is 0.628 bits per heavy atom. The van der Waals surface area contributed by atoms with Crippen molar-refractivity contribution in [2.75, 3.05) is 22.6 Å². The molecule has 7 aromatic carbocycles. The summed E-state index contributed by atoms with van der Waals surface area (Å²) in [6, 6.07) is 41.2. The van der Waals surface area contributed by atoms with Crippen molar-refractivity contribution in [3.63, 3.8) is 0 Å². The van der Waals surface area contributed by atoms with Crippen LogP contribution in [0, 0.1) is 6.92 Å². The summed E-state index contributed by atoms with van der Waals surface area (Å²) >= 11 is 18.7. The number of carbonyl (C=O) groups is 4. The molecule has 0 spiro atoms. The average Bonchev–Trinajstić information content (AvgIpc) is 1.68. The van der Waals surface area contributed by atoms with Gasteiger partial charge in [-0.1, -0.05) is 151 Å². The fourth-order valence-electron chi connectivity index (χ4n) is 8.75. The molecule has 2 unspecified atom stereocenters. The summed E-state index contributed by atoms with van der Waals surface area (Å²) < 4.78 is 50.6. The molecule has 18 heteroatoms. The Morgan fingerprint density at radius 3 is 1.95 bits per heavy atom. The van der Waals surface area contributed by atoms with Crippen LogP contribution in [0.1, 0.15) is 122 Å². The molecule has 0 saturated heterocycles. The molecule has 0 radical (unpaired) electrons.